The number of benzene rings is 1. The van der Waals surface area contributed by atoms with Gasteiger partial charge in [-0.25, -0.2) is 4.79 Å². The average molecular weight is 336 g/mol. The van der Waals surface area contributed by atoms with Crippen molar-refractivity contribution in [2.75, 3.05) is 30.4 Å². The molecule has 0 spiro atoms. The summed E-state index contributed by atoms with van der Waals surface area (Å²) in [7, 11) is 0. The van der Waals surface area contributed by atoms with Gasteiger partial charge in [0.05, 0.1) is 0 Å². The molecule has 1 aliphatic rings. The van der Waals surface area contributed by atoms with E-state index in [0.29, 0.717) is 24.5 Å². The molecule has 23 heavy (non-hydrogen) atoms. The Morgan fingerprint density at radius 3 is 2.39 bits per heavy atom. The van der Waals surface area contributed by atoms with E-state index in [1.807, 2.05) is 24.3 Å². The maximum atomic E-state index is 12.2. The van der Waals surface area contributed by atoms with Gasteiger partial charge in [-0.05, 0) is 44.0 Å². The zero-order valence-corrected chi connectivity index (χ0v) is 14.3. The van der Waals surface area contributed by atoms with E-state index in [-0.39, 0.29) is 11.9 Å². The molecule has 0 aromatic heterocycles. The van der Waals surface area contributed by atoms with Gasteiger partial charge >= 0.3 is 6.03 Å². The first-order valence-corrected chi connectivity index (χ1v) is 8.39. The largest absolute Gasteiger partial charge is 0.372 e. The van der Waals surface area contributed by atoms with Crippen molar-refractivity contribution in [3.8, 4) is 0 Å². The molecule has 2 rings (SSSR count). The van der Waals surface area contributed by atoms with Crippen LogP contribution in [0.5, 0.6) is 0 Å². The lowest BCUT2D eigenvalue weighted by atomic mass is 10.1. The Balaban J connectivity index is 2.13. The maximum Gasteiger partial charge on any atom is 0.329 e. The first-order valence-electron chi connectivity index (χ1n) is 7.86. The van der Waals surface area contributed by atoms with Crippen LogP contribution in [0.4, 0.5) is 10.5 Å². The summed E-state index contributed by atoms with van der Waals surface area (Å²) in [5, 5.41) is 2.62. The van der Waals surface area contributed by atoms with Crippen LogP contribution in [-0.2, 0) is 4.79 Å². The number of anilines is 1. The maximum absolute atomic E-state index is 12.2. The summed E-state index contributed by atoms with van der Waals surface area (Å²) in [6, 6.07) is 7.55. The third-order valence-electron chi connectivity index (χ3n) is 3.81. The molecule has 3 amide bonds. The van der Waals surface area contributed by atoms with Gasteiger partial charge in [-0.2, -0.15) is 0 Å². The Morgan fingerprint density at radius 1 is 1.17 bits per heavy atom. The molecule has 1 saturated heterocycles. The highest BCUT2D eigenvalue weighted by Crippen LogP contribution is 2.18. The molecule has 124 valence electrons. The minimum atomic E-state index is -0.383. The fourth-order valence-electron chi connectivity index (χ4n) is 2.53. The van der Waals surface area contributed by atoms with E-state index >= 15 is 0 Å². The third-order valence-corrected chi connectivity index (χ3v) is 4.08. The molecule has 1 aromatic rings. The Labute approximate surface area is 141 Å². The second-order valence-electron chi connectivity index (χ2n) is 5.25. The smallest absolute Gasteiger partial charge is 0.329 e. The van der Waals surface area contributed by atoms with Crippen LogP contribution in [0, 0.1) is 0 Å². The topological polar surface area (TPSA) is 52.7 Å². The SMILES string of the molecule is CCN(CC)c1ccc(/C=C2\NC(=O)N(CCCCl)C2=O)cc1. The van der Waals surface area contributed by atoms with Crippen LogP contribution >= 0.6 is 11.6 Å². The second kappa shape index (κ2) is 8.02. The monoisotopic (exact) mass is 335 g/mol. The molecule has 0 radical (unpaired) electrons. The van der Waals surface area contributed by atoms with Crippen LogP contribution in [-0.4, -0.2) is 42.4 Å². The van der Waals surface area contributed by atoms with Crippen LogP contribution in [0.3, 0.4) is 0 Å². The minimum Gasteiger partial charge on any atom is -0.372 e. The first-order chi connectivity index (χ1) is 11.1. The quantitative estimate of drug-likeness (QED) is 0.473. The molecule has 5 nitrogen and oxygen atoms in total. The molecule has 0 atom stereocenters. The zero-order valence-electron chi connectivity index (χ0n) is 13.5. The molecule has 0 unspecified atom stereocenters. The molecule has 0 aliphatic carbocycles. The van der Waals surface area contributed by atoms with E-state index in [2.05, 4.69) is 24.1 Å². The van der Waals surface area contributed by atoms with E-state index in [1.54, 1.807) is 6.08 Å². The lowest BCUT2D eigenvalue weighted by molar-refractivity contribution is -0.122. The molecule has 1 N–H and O–H groups in total. The molecular weight excluding hydrogens is 314 g/mol. The van der Waals surface area contributed by atoms with Gasteiger partial charge in [0.1, 0.15) is 5.70 Å². The van der Waals surface area contributed by atoms with Gasteiger partial charge in [-0.1, -0.05) is 12.1 Å². The Bertz CT molecular complexity index is 594. The summed E-state index contributed by atoms with van der Waals surface area (Å²) < 4.78 is 0. The summed E-state index contributed by atoms with van der Waals surface area (Å²) >= 11 is 5.62. The molecule has 1 aromatic carbocycles. The first kappa shape index (κ1) is 17.3. The summed E-state index contributed by atoms with van der Waals surface area (Å²) in [5.41, 5.74) is 2.33. The van der Waals surface area contributed by atoms with Gasteiger partial charge in [-0.15, -0.1) is 11.6 Å². The number of hydrogen-bond donors (Lipinski definition) is 1. The molecule has 0 bridgehead atoms. The fraction of sp³-hybridized carbons (Fsp3) is 0.412. The van der Waals surface area contributed by atoms with Gasteiger partial charge < -0.3 is 10.2 Å². The van der Waals surface area contributed by atoms with Gasteiger partial charge in [0.15, 0.2) is 0 Å². The standard InChI is InChI=1S/C17H22ClN3O2/c1-3-20(4-2)14-8-6-13(7-9-14)12-15-16(22)21(11-5-10-18)17(23)19-15/h6-9,12H,3-5,10-11H2,1-2H3,(H,19,23)/b15-12-. The van der Waals surface area contributed by atoms with Crippen molar-refractivity contribution in [2.45, 2.75) is 20.3 Å². The molecule has 1 heterocycles. The van der Waals surface area contributed by atoms with Gasteiger partial charge in [0.2, 0.25) is 0 Å². The van der Waals surface area contributed by atoms with Crippen molar-refractivity contribution in [1.29, 1.82) is 0 Å². The minimum absolute atomic E-state index is 0.298. The molecular formula is C17H22ClN3O2. The second-order valence-corrected chi connectivity index (χ2v) is 5.63. The van der Waals surface area contributed by atoms with Crippen LogP contribution in [0.2, 0.25) is 0 Å². The van der Waals surface area contributed by atoms with Crippen molar-refractivity contribution in [1.82, 2.24) is 10.2 Å². The molecule has 6 heteroatoms. The van der Waals surface area contributed by atoms with E-state index < -0.39 is 0 Å². The number of hydrogen-bond acceptors (Lipinski definition) is 3. The fourth-order valence-corrected chi connectivity index (χ4v) is 2.65. The summed E-state index contributed by atoms with van der Waals surface area (Å²) in [6.45, 7) is 6.46. The van der Waals surface area contributed by atoms with Crippen LogP contribution in [0.1, 0.15) is 25.8 Å². The summed E-state index contributed by atoms with van der Waals surface area (Å²) in [4.78, 5) is 27.5. The number of urea groups is 1. The lowest BCUT2D eigenvalue weighted by Crippen LogP contribution is -2.31. The molecule has 1 aliphatic heterocycles. The van der Waals surface area contributed by atoms with E-state index in [4.69, 9.17) is 11.6 Å². The number of amides is 3. The zero-order chi connectivity index (χ0) is 16.8. The Kier molecular flexibility index (Phi) is 6.04. The normalized spacial score (nSPS) is 16.1. The van der Waals surface area contributed by atoms with E-state index in [1.165, 1.54) is 4.90 Å². The number of nitrogens with zero attached hydrogens (tertiary/aromatic N) is 2. The molecule has 1 fully saturated rings. The number of carbonyl (C=O) groups is 2. The van der Waals surface area contributed by atoms with Crippen molar-refractivity contribution in [3.63, 3.8) is 0 Å². The van der Waals surface area contributed by atoms with Gasteiger partial charge in [0, 0.05) is 31.2 Å². The number of nitrogens with one attached hydrogen (secondary N) is 1. The number of carbonyl (C=O) groups excluding carboxylic acids is 2. The van der Waals surface area contributed by atoms with Crippen molar-refractivity contribution in [2.24, 2.45) is 0 Å². The number of halogens is 1. The van der Waals surface area contributed by atoms with E-state index in [0.717, 1.165) is 24.3 Å². The van der Waals surface area contributed by atoms with Crippen LogP contribution in [0.15, 0.2) is 30.0 Å². The number of imide groups is 1. The summed E-state index contributed by atoms with van der Waals surface area (Å²) in [6.07, 6.45) is 2.29. The Morgan fingerprint density at radius 2 is 1.83 bits per heavy atom. The average Bonchev–Trinajstić information content (AvgIpc) is 2.82. The summed E-state index contributed by atoms with van der Waals surface area (Å²) in [5.74, 6) is 0.121. The highest BCUT2D eigenvalue weighted by Gasteiger charge is 2.32. The highest BCUT2D eigenvalue weighted by atomic mass is 35.5. The highest BCUT2D eigenvalue weighted by molar-refractivity contribution is 6.18. The van der Waals surface area contributed by atoms with Crippen LogP contribution < -0.4 is 10.2 Å². The lowest BCUT2D eigenvalue weighted by Gasteiger charge is -2.20. The third kappa shape index (κ3) is 4.05. The van der Waals surface area contributed by atoms with Crippen LogP contribution in [0.25, 0.3) is 6.08 Å². The van der Waals surface area contributed by atoms with E-state index in [9.17, 15) is 9.59 Å². The Hall–Kier alpha value is -2.01. The predicted molar refractivity (Wildman–Crippen MR) is 93.6 cm³/mol. The van der Waals surface area contributed by atoms with Gasteiger partial charge in [0.25, 0.3) is 5.91 Å². The van der Waals surface area contributed by atoms with Crippen molar-refractivity contribution >= 4 is 35.3 Å². The van der Waals surface area contributed by atoms with Crippen molar-refractivity contribution in [3.05, 3.63) is 35.5 Å². The predicted octanol–water partition coefficient (Wildman–Crippen LogP) is 3.05. The van der Waals surface area contributed by atoms with Gasteiger partial charge in [-0.3, -0.25) is 9.69 Å². The number of rotatable bonds is 7. The van der Waals surface area contributed by atoms with Crippen molar-refractivity contribution < 1.29 is 9.59 Å². The molecule has 0 saturated carbocycles. The number of alkyl halides is 1.